The van der Waals surface area contributed by atoms with Crippen molar-refractivity contribution in [3.63, 3.8) is 0 Å². The Morgan fingerprint density at radius 1 is 1.24 bits per heavy atom. The van der Waals surface area contributed by atoms with Crippen LogP contribution in [0.5, 0.6) is 0 Å². The summed E-state index contributed by atoms with van der Waals surface area (Å²) in [6.45, 7) is 8.94. The average molecular weight is 472 g/mol. The molecule has 1 heterocycles. The lowest BCUT2D eigenvalue weighted by atomic mass is 9.98. The number of guanidine groups is 1. The highest BCUT2D eigenvalue weighted by Crippen LogP contribution is 2.18. The summed E-state index contributed by atoms with van der Waals surface area (Å²) in [4.78, 5) is 9.18. The molecule has 4 nitrogen and oxygen atoms in total. The first-order valence-electron chi connectivity index (χ1n) is 8.67. The normalized spacial score (nSPS) is 12.4. The Kier molecular flexibility index (Phi) is 10.7. The number of aliphatic imine (C=N–C) groups is 1. The van der Waals surface area contributed by atoms with Crippen LogP contribution < -0.4 is 10.6 Å². The molecule has 0 fully saturated rings. The molecular formula is C19H29IN4S. The topological polar surface area (TPSA) is 49.3 Å². The van der Waals surface area contributed by atoms with Gasteiger partial charge in [-0.2, -0.15) is 0 Å². The van der Waals surface area contributed by atoms with Crippen molar-refractivity contribution < 1.29 is 0 Å². The van der Waals surface area contributed by atoms with Crippen LogP contribution in [-0.2, 0) is 6.42 Å². The van der Waals surface area contributed by atoms with E-state index in [0.29, 0.717) is 5.92 Å². The fraction of sp³-hybridized carbons (Fsp3) is 0.474. The Hall–Kier alpha value is -1.15. The number of nitrogens with zero attached hydrogens (tertiary/aromatic N) is 2. The van der Waals surface area contributed by atoms with Crippen LogP contribution in [0, 0.1) is 6.92 Å². The number of halogens is 1. The fourth-order valence-corrected chi connectivity index (χ4v) is 3.14. The van der Waals surface area contributed by atoms with Crippen molar-refractivity contribution in [2.45, 2.75) is 39.5 Å². The molecule has 0 radical (unpaired) electrons. The molecule has 1 aromatic carbocycles. The molecule has 6 heteroatoms. The molecule has 2 N–H and O–H groups in total. The van der Waals surface area contributed by atoms with E-state index in [1.807, 2.05) is 6.92 Å². The minimum absolute atomic E-state index is 0. The van der Waals surface area contributed by atoms with Crippen molar-refractivity contribution in [2.75, 3.05) is 19.6 Å². The first kappa shape index (κ1) is 21.9. The SMILES string of the molecule is CCNC(=NCCC(C)c1ccccc1)NCCc1csc(C)n1.I. The number of nitrogens with one attached hydrogen (secondary N) is 2. The summed E-state index contributed by atoms with van der Waals surface area (Å²) in [5.41, 5.74) is 2.53. The van der Waals surface area contributed by atoms with Gasteiger partial charge in [0.25, 0.3) is 0 Å². The highest BCUT2D eigenvalue weighted by atomic mass is 127. The Balaban J connectivity index is 0.00000312. The molecule has 1 aromatic heterocycles. The number of rotatable bonds is 8. The highest BCUT2D eigenvalue weighted by Gasteiger charge is 2.05. The van der Waals surface area contributed by atoms with E-state index in [1.165, 1.54) is 5.56 Å². The Morgan fingerprint density at radius 2 is 2.00 bits per heavy atom. The lowest BCUT2D eigenvalue weighted by molar-refractivity contribution is 0.683. The maximum atomic E-state index is 4.69. The molecule has 138 valence electrons. The zero-order chi connectivity index (χ0) is 17.2. The number of hydrogen-bond donors (Lipinski definition) is 2. The summed E-state index contributed by atoms with van der Waals surface area (Å²) in [6.07, 6.45) is 1.97. The van der Waals surface area contributed by atoms with Gasteiger partial charge in [-0.25, -0.2) is 4.98 Å². The first-order chi connectivity index (χ1) is 11.7. The molecule has 0 aliphatic rings. The highest BCUT2D eigenvalue weighted by molar-refractivity contribution is 14.0. The maximum absolute atomic E-state index is 4.69. The zero-order valence-corrected chi connectivity index (χ0v) is 18.4. The summed E-state index contributed by atoms with van der Waals surface area (Å²) < 4.78 is 0. The monoisotopic (exact) mass is 472 g/mol. The van der Waals surface area contributed by atoms with E-state index in [2.05, 4.69) is 65.2 Å². The van der Waals surface area contributed by atoms with Gasteiger partial charge in [0, 0.05) is 31.4 Å². The minimum Gasteiger partial charge on any atom is -0.357 e. The van der Waals surface area contributed by atoms with Crippen LogP contribution in [0.1, 0.15) is 42.5 Å². The average Bonchev–Trinajstić information content (AvgIpc) is 3.01. The molecule has 1 atom stereocenters. The third kappa shape index (κ3) is 8.18. The smallest absolute Gasteiger partial charge is 0.191 e. The van der Waals surface area contributed by atoms with E-state index in [-0.39, 0.29) is 24.0 Å². The van der Waals surface area contributed by atoms with Crippen LogP contribution in [0.15, 0.2) is 40.7 Å². The van der Waals surface area contributed by atoms with Crippen molar-refractivity contribution in [3.05, 3.63) is 52.0 Å². The van der Waals surface area contributed by atoms with E-state index >= 15 is 0 Å². The molecule has 0 saturated carbocycles. The summed E-state index contributed by atoms with van der Waals surface area (Å²) >= 11 is 1.70. The Morgan fingerprint density at radius 3 is 2.64 bits per heavy atom. The van der Waals surface area contributed by atoms with Crippen molar-refractivity contribution in [2.24, 2.45) is 4.99 Å². The zero-order valence-electron chi connectivity index (χ0n) is 15.3. The lowest BCUT2D eigenvalue weighted by Gasteiger charge is -2.13. The maximum Gasteiger partial charge on any atom is 0.191 e. The lowest BCUT2D eigenvalue weighted by Crippen LogP contribution is -2.38. The molecule has 2 rings (SSSR count). The fourth-order valence-electron chi connectivity index (χ4n) is 2.49. The van der Waals surface area contributed by atoms with Gasteiger partial charge in [0.1, 0.15) is 0 Å². The molecule has 0 aliphatic carbocycles. The number of hydrogen-bond acceptors (Lipinski definition) is 3. The number of aromatic nitrogens is 1. The van der Waals surface area contributed by atoms with E-state index in [0.717, 1.165) is 49.1 Å². The van der Waals surface area contributed by atoms with E-state index in [1.54, 1.807) is 11.3 Å². The molecular weight excluding hydrogens is 443 g/mol. The van der Waals surface area contributed by atoms with E-state index < -0.39 is 0 Å². The quantitative estimate of drug-likeness (QED) is 0.341. The van der Waals surface area contributed by atoms with Crippen LogP contribution in [-0.4, -0.2) is 30.6 Å². The third-order valence-electron chi connectivity index (χ3n) is 3.89. The number of thiazole rings is 1. The molecule has 0 saturated heterocycles. The number of aryl methyl sites for hydroxylation is 1. The standard InChI is InChI=1S/C19H28N4S.HI/c1-4-20-19(22-13-11-18-14-24-16(3)23-18)21-12-10-15(2)17-8-6-5-7-9-17;/h5-9,14-15H,4,10-13H2,1-3H3,(H2,20,21,22);1H. The van der Waals surface area contributed by atoms with Gasteiger partial charge in [0.05, 0.1) is 10.7 Å². The van der Waals surface area contributed by atoms with Gasteiger partial charge in [-0.1, -0.05) is 37.3 Å². The predicted octanol–water partition coefficient (Wildman–Crippen LogP) is 4.36. The van der Waals surface area contributed by atoms with Crippen LogP contribution in [0.2, 0.25) is 0 Å². The summed E-state index contributed by atoms with van der Waals surface area (Å²) in [5.74, 6) is 1.42. The summed E-state index contributed by atoms with van der Waals surface area (Å²) in [7, 11) is 0. The van der Waals surface area contributed by atoms with E-state index in [9.17, 15) is 0 Å². The van der Waals surface area contributed by atoms with Crippen LogP contribution in [0.3, 0.4) is 0 Å². The summed E-state index contributed by atoms with van der Waals surface area (Å²) in [5, 5.41) is 9.96. The molecule has 0 bridgehead atoms. The van der Waals surface area contributed by atoms with Gasteiger partial charge in [0.15, 0.2) is 5.96 Å². The van der Waals surface area contributed by atoms with Gasteiger partial charge in [-0.05, 0) is 31.7 Å². The van der Waals surface area contributed by atoms with Crippen LogP contribution in [0.25, 0.3) is 0 Å². The van der Waals surface area contributed by atoms with Crippen molar-refractivity contribution in [1.29, 1.82) is 0 Å². The van der Waals surface area contributed by atoms with Gasteiger partial charge < -0.3 is 10.6 Å². The van der Waals surface area contributed by atoms with Crippen molar-refractivity contribution in [3.8, 4) is 0 Å². The molecule has 1 unspecified atom stereocenters. The minimum atomic E-state index is 0. The van der Waals surface area contributed by atoms with Crippen molar-refractivity contribution in [1.82, 2.24) is 15.6 Å². The second-order valence-corrected chi connectivity index (χ2v) is 6.96. The van der Waals surface area contributed by atoms with Crippen LogP contribution >= 0.6 is 35.3 Å². The third-order valence-corrected chi connectivity index (χ3v) is 4.71. The van der Waals surface area contributed by atoms with Gasteiger partial charge >= 0.3 is 0 Å². The molecule has 25 heavy (non-hydrogen) atoms. The molecule has 0 aliphatic heterocycles. The molecule has 2 aromatic rings. The Labute approximate surface area is 172 Å². The van der Waals surface area contributed by atoms with Gasteiger partial charge in [-0.15, -0.1) is 35.3 Å². The molecule has 0 spiro atoms. The second-order valence-electron chi connectivity index (χ2n) is 5.90. The van der Waals surface area contributed by atoms with Gasteiger partial charge in [-0.3, -0.25) is 4.99 Å². The van der Waals surface area contributed by atoms with Crippen LogP contribution in [0.4, 0.5) is 0 Å². The van der Waals surface area contributed by atoms with Gasteiger partial charge in [0.2, 0.25) is 0 Å². The van der Waals surface area contributed by atoms with Crippen molar-refractivity contribution >= 4 is 41.3 Å². The summed E-state index contributed by atoms with van der Waals surface area (Å²) in [6, 6.07) is 10.6. The first-order valence-corrected chi connectivity index (χ1v) is 9.55. The number of benzene rings is 1. The largest absolute Gasteiger partial charge is 0.357 e. The molecule has 0 amide bonds. The Bertz CT molecular complexity index is 627. The predicted molar refractivity (Wildman–Crippen MR) is 119 cm³/mol. The van der Waals surface area contributed by atoms with E-state index in [4.69, 9.17) is 4.99 Å². The second kappa shape index (κ2) is 12.2.